The Morgan fingerprint density at radius 1 is 1.57 bits per heavy atom. The highest BCUT2D eigenvalue weighted by Crippen LogP contribution is 2.24. The van der Waals surface area contributed by atoms with Crippen molar-refractivity contribution in [2.75, 3.05) is 7.11 Å². The van der Waals surface area contributed by atoms with Crippen LogP contribution in [0, 0.1) is 6.92 Å². The van der Waals surface area contributed by atoms with Crippen LogP contribution in [0.15, 0.2) is 12.1 Å². The van der Waals surface area contributed by atoms with Crippen molar-refractivity contribution in [1.29, 1.82) is 0 Å². The van der Waals surface area contributed by atoms with Crippen LogP contribution < -0.4 is 4.74 Å². The third-order valence-electron chi connectivity index (χ3n) is 2.00. The van der Waals surface area contributed by atoms with E-state index >= 15 is 0 Å². The standard InChI is InChI=1S/C10H11BrO3/c1-6-3-7(5-11)8(10(12)13)4-9(6)14-2/h3-4H,5H2,1-2H3,(H,12,13). The maximum atomic E-state index is 10.9. The SMILES string of the molecule is COc1cc(C(=O)O)c(CBr)cc1C. The molecule has 0 aliphatic heterocycles. The first-order chi connectivity index (χ1) is 6.60. The van der Waals surface area contributed by atoms with Gasteiger partial charge in [-0.3, -0.25) is 0 Å². The highest BCUT2D eigenvalue weighted by atomic mass is 79.9. The number of aryl methyl sites for hydroxylation is 1. The van der Waals surface area contributed by atoms with E-state index in [4.69, 9.17) is 9.84 Å². The van der Waals surface area contributed by atoms with Gasteiger partial charge in [-0.2, -0.15) is 0 Å². The summed E-state index contributed by atoms with van der Waals surface area (Å²) in [6.45, 7) is 1.89. The highest BCUT2D eigenvalue weighted by molar-refractivity contribution is 9.08. The smallest absolute Gasteiger partial charge is 0.336 e. The van der Waals surface area contributed by atoms with Gasteiger partial charge >= 0.3 is 5.97 Å². The van der Waals surface area contributed by atoms with Crippen molar-refractivity contribution in [2.45, 2.75) is 12.3 Å². The van der Waals surface area contributed by atoms with E-state index in [1.807, 2.05) is 13.0 Å². The van der Waals surface area contributed by atoms with Crippen LogP contribution in [0.2, 0.25) is 0 Å². The summed E-state index contributed by atoms with van der Waals surface area (Å²) < 4.78 is 5.06. The fourth-order valence-electron chi connectivity index (χ4n) is 1.28. The number of aromatic carboxylic acids is 1. The molecule has 0 fully saturated rings. The first kappa shape index (κ1) is 11.0. The average Bonchev–Trinajstić information content (AvgIpc) is 2.16. The summed E-state index contributed by atoms with van der Waals surface area (Å²) in [5, 5.41) is 9.46. The van der Waals surface area contributed by atoms with Crippen LogP contribution in [0.4, 0.5) is 0 Å². The fraction of sp³-hybridized carbons (Fsp3) is 0.300. The van der Waals surface area contributed by atoms with Crippen molar-refractivity contribution in [3.8, 4) is 5.75 Å². The van der Waals surface area contributed by atoms with Crippen molar-refractivity contribution in [3.63, 3.8) is 0 Å². The maximum absolute atomic E-state index is 10.9. The van der Waals surface area contributed by atoms with E-state index in [0.717, 1.165) is 11.1 Å². The van der Waals surface area contributed by atoms with Crippen molar-refractivity contribution in [2.24, 2.45) is 0 Å². The molecular weight excluding hydrogens is 248 g/mol. The molecule has 76 valence electrons. The zero-order chi connectivity index (χ0) is 10.7. The van der Waals surface area contributed by atoms with Gasteiger partial charge in [-0.1, -0.05) is 22.0 Å². The van der Waals surface area contributed by atoms with E-state index in [9.17, 15) is 4.79 Å². The van der Waals surface area contributed by atoms with E-state index in [2.05, 4.69) is 15.9 Å². The van der Waals surface area contributed by atoms with Crippen LogP contribution in [0.1, 0.15) is 21.5 Å². The summed E-state index contributed by atoms with van der Waals surface area (Å²) in [5.41, 5.74) is 1.98. The lowest BCUT2D eigenvalue weighted by atomic mass is 10.0. The van der Waals surface area contributed by atoms with Crippen molar-refractivity contribution >= 4 is 21.9 Å². The normalized spacial score (nSPS) is 9.93. The number of rotatable bonds is 3. The molecule has 0 radical (unpaired) electrons. The molecule has 0 atom stereocenters. The Bertz CT molecular complexity index is 361. The van der Waals surface area contributed by atoms with Crippen LogP contribution in [-0.4, -0.2) is 18.2 Å². The summed E-state index contributed by atoms with van der Waals surface area (Å²) in [6.07, 6.45) is 0. The molecule has 3 nitrogen and oxygen atoms in total. The van der Waals surface area contributed by atoms with E-state index in [1.54, 1.807) is 6.07 Å². The number of hydrogen-bond donors (Lipinski definition) is 1. The lowest BCUT2D eigenvalue weighted by molar-refractivity contribution is 0.0695. The summed E-state index contributed by atoms with van der Waals surface area (Å²) >= 11 is 3.25. The lowest BCUT2D eigenvalue weighted by Gasteiger charge is -2.09. The monoisotopic (exact) mass is 258 g/mol. The quantitative estimate of drug-likeness (QED) is 0.848. The largest absolute Gasteiger partial charge is 0.496 e. The van der Waals surface area contributed by atoms with Gasteiger partial charge in [-0.15, -0.1) is 0 Å². The second kappa shape index (κ2) is 4.46. The molecule has 0 aromatic heterocycles. The molecule has 0 saturated carbocycles. The van der Waals surface area contributed by atoms with Gasteiger partial charge in [0.25, 0.3) is 0 Å². The molecule has 1 aromatic carbocycles. The number of carbonyl (C=O) groups is 1. The number of benzene rings is 1. The number of carboxylic acid groups (broad SMARTS) is 1. The zero-order valence-corrected chi connectivity index (χ0v) is 9.59. The third-order valence-corrected chi connectivity index (χ3v) is 2.60. The maximum Gasteiger partial charge on any atom is 0.336 e. The van der Waals surface area contributed by atoms with Gasteiger partial charge in [0.1, 0.15) is 5.75 Å². The van der Waals surface area contributed by atoms with E-state index in [0.29, 0.717) is 11.1 Å². The van der Waals surface area contributed by atoms with E-state index < -0.39 is 5.97 Å². The predicted octanol–water partition coefficient (Wildman–Crippen LogP) is 2.60. The fourth-order valence-corrected chi connectivity index (χ4v) is 1.74. The molecule has 1 rings (SSSR count). The molecule has 0 unspecified atom stereocenters. The predicted molar refractivity (Wildman–Crippen MR) is 57.3 cm³/mol. The number of hydrogen-bond acceptors (Lipinski definition) is 2. The molecular formula is C10H11BrO3. The Balaban J connectivity index is 3.32. The molecule has 0 heterocycles. The molecule has 0 aliphatic rings. The molecule has 4 heteroatoms. The lowest BCUT2D eigenvalue weighted by Crippen LogP contribution is -2.03. The van der Waals surface area contributed by atoms with Gasteiger partial charge < -0.3 is 9.84 Å². The molecule has 0 amide bonds. The van der Waals surface area contributed by atoms with Crippen LogP contribution in [0.3, 0.4) is 0 Å². The minimum Gasteiger partial charge on any atom is -0.496 e. The van der Waals surface area contributed by atoms with E-state index in [1.165, 1.54) is 7.11 Å². The zero-order valence-electron chi connectivity index (χ0n) is 8.00. The Morgan fingerprint density at radius 2 is 2.21 bits per heavy atom. The molecule has 0 spiro atoms. The highest BCUT2D eigenvalue weighted by Gasteiger charge is 2.12. The number of ether oxygens (including phenoxy) is 1. The van der Waals surface area contributed by atoms with Gasteiger partial charge in [0.05, 0.1) is 12.7 Å². The molecule has 1 N–H and O–H groups in total. The van der Waals surface area contributed by atoms with Crippen molar-refractivity contribution in [1.82, 2.24) is 0 Å². The number of halogens is 1. The molecule has 1 aromatic rings. The van der Waals surface area contributed by atoms with Crippen LogP contribution in [-0.2, 0) is 5.33 Å². The van der Waals surface area contributed by atoms with Gasteiger partial charge in [0, 0.05) is 5.33 Å². The second-order valence-corrected chi connectivity index (χ2v) is 3.48. The van der Waals surface area contributed by atoms with Gasteiger partial charge in [-0.05, 0) is 24.1 Å². The van der Waals surface area contributed by atoms with Crippen LogP contribution >= 0.6 is 15.9 Å². The average molecular weight is 259 g/mol. The van der Waals surface area contributed by atoms with E-state index in [-0.39, 0.29) is 5.56 Å². The van der Waals surface area contributed by atoms with Crippen molar-refractivity contribution in [3.05, 3.63) is 28.8 Å². The summed E-state index contributed by atoms with van der Waals surface area (Å²) in [4.78, 5) is 10.9. The minimum atomic E-state index is -0.933. The van der Waals surface area contributed by atoms with Crippen LogP contribution in [0.25, 0.3) is 0 Å². The second-order valence-electron chi connectivity index (χ2n) is 2.92. The Hall–Kier alpha value is -1.03. The topological polar surface area (TPSA) is 46.5 Å². The number of alkyl halides is 1. The number of methoxy groups -OCH3 is 1. The Kier molecular flexibility index (Phi) is 3.52. The Morgan fingerprint density at radius 3 is 2.64 bits per heavy atom. The third kappa shape index (κ3) is 2.07. The molecule has 0 bridgehead atoms. The van der Waals surface area contributed by atoms with Crippen LogP contribution in [0.5, 0.6) is 5.75 Å². The number of carboxylic acids is 1. The first-order valence-corrected chi connectivity index (χ1v) is 5.19. The first-order valence-electron chi connectivity index (χ1n) is 4.07. The van der Waals surface area contributed by atoms with Gasteiger partial charge in [0.2, 0.25) is 0 Å². The van der Waals surface area contributed by atoms with Gasteiger partial charge in [-0.25, -0.2) is 4.79 Å². The van der Waals surface area contributed by atoms with Crippen molar-refractivity contribution < 1.29 is 14.6 Å². The minimum absolute atomic E-state index is 0.282. The molecule has 14 heavy (non-hydrogen) atoms. The molecule has 0 aliphatic carbocycles. The molecule has 0 saturated heterocycles. The summed E-state index contributed by atoms with van der Waals surface area (Å²) in [6, 6.07) is 3.37. The summed E-state index contributed by atoms with van der Waals surface area (Å²) in [5.74, 6) is -0.329. The Labute approximate surface area is 90.8 Å². The van der Waals surface area contributed by atoms with Gasteiger partial charge in [0.15, 0.2) is 0 Å². The summed E-state index contributed by atoms with van der Waals surface area (Å²) in [7, 11) is 1.53.